The fraction of sp³-hybridized carbons (Fsp3) is 0. The highest BCUT2D eigenvalue weighted by Gasteiger charge is 2.22. The fourth-order valence-corrected chi connectivity index (χ4v) is 3.73. The van der Waals surface area contributed by atoms with Gasteiger partial charge in [0.25, 0.3) is 0 Å². The third-order valence-electron chi connectivity index (χ3n) is 5.25. The lowest BCUT2D eigenvalue weighted by atomic mass is 10.00. The molecule has 0 saturated carbocycles. The second kappa shape index (κ2) is 8.36. The molecule has 0 fully saturated rings. The molecule has 0 unspecified atom stereocenters. The van der Waals surface area contributed by atoms with E-state index in [0.29, 0.717) is 21.9 Å². The number of fused-ring (bicyclic) bond motifs is 3. The van der Waals surface area contributed by atoms with Crippen molar-refractivity contribution in [3.8, 4) is 11.5 Å². The van der Waals surface area contributed by atoms with Crippen molar-refractivity contribution in [2.24, 2.45) is 0 Å². The van der Waals surface area contributed by atoms with Crippen LogP contribution in [0.5, 0.6) is 11.5 Å². The lowest BCUT2D eigenvalue weighted by Gasteiger charge is -2.17. The van der Waals surface area contributed by atoms with Crippen LogP contribution in [-0.2, 0) is 0 Å². The second-order valence-corrected chi connectivity index (χ2v) is 7.26. The molecule has 0 N–H and O–H groups in total. The SMILES string of the molecule is O=C(Oc1c(OC(=O)c2ccccc2)c2ccccc2c2ccccc12)c1ccccc1. The van der Waals surface area contributed by atoms with Crippen LogP contribution in [0.2, 0.25) is 0 Å². The molecule has 0 radical (unpaired) electrons. The minimum atomic E-state index is -0.525. The minimum Gasteiger partial charge on any atom is -0.418 e. The van der Waals surface area contributed by atoms with Gasteiger partial charge in [-0.05, 0) is 35.0 Å². The highest BCUT2D eigenvalue weighted by Crippen LogP contribution is 2.44. The van der Waals surface area contributed by atoms with Crippen molar-refractivity contribution in [1.82, 2.24) is 0 Å². The van der Waals surface area contributed by atoms with Crippen LogP contribution in [-0.4, -0.2) is 11.9 Å². The van der Waals surface area contributed by atoms with Crippen LogP contribution >= 0.6 is 0 Å². The summed E-state index contributed by atoms with van der Waals surface area (Å²) in [4.78, 5) is 25.9. The molecule has 0 aliphatic heterocycles. The predicted molar refractivity (Wildman–Crippen MR) is 124 cm³/mol. The van der Waals surface area contributed by atoms with E-state index in [1.807, 2.05) is 60.7 Å². The van der Waals surface area contributed by atoms with Crippen LogP contribution in [0.3, 0.4) is 0 Å². The predicted octanol–water partition coefficient (Wildman–Crippen LogP) is 6.43. The molecule has 0 aliphatic rings. The fourth-order valence-electron chi connectivity index (χ4n) is 3.73. The lowest BCUT2D eigenvalue weighted by Crippen LogP contribution is -2.13. The summed E-state index contributed by atoms with van der Waals surface area (Å²) in [6, 6.07) is 32.7. The van der Waals surface area contributed by atoms with E-state index in [1.165, 1.54) is 0 Å². The maximum atomic E-state index is 12.9. The van der Waals surface area contributed by atoms with Gasteiger partial charge < -0.3 is 9.47 Å². The van der Waals surface area contributed by atoms with Gasteiger partial charge in [-0.3, -0.25) is 0 Å². The number of carbonyl (C=O) groups is 2. The van der Waals surface area contributed by atoms with Crippen molar-refractivity contribution in [3.63, 3.8) is 0 Å². The molecule has 0 amide bonds. The van der Waals surface area contributed by atoms with E-state index in [4.69, 9.17) is 9.47 Å². The Kier molecular flexibility index (Phi) is 5.10. The molecule has 0 spiro atoms. The molecule has 0 heterocycles. The number of ether oxygens (including phenoxy) is 2. The molecule has 5 aromatic carbocycles. The van der Waals surface area contributed by atoms with E-state index in [2.05, 4.69) is 0 Å². The molecule has 5 aromatic rings. The van der Waals surface area contributed by atoms with E-state index in [1.54, 1.807) is 48.5 Å². The number of esters is 2. The first-order valence-electron chi connectivity index (χ1n) is 10.2. The molecule has 0 bridgehead atoms. The Morgan fingerprint density at radius 2 is 0.719 bits per heavy atom. The molecular formula is C28H18O4. The van der Waals surface area contributed by atoms with E-state index in [9.17, 15) is 9.59 Å². The van der Waals surface area contributed by atoms with Gasteiger partial charge >= 0.3 is 11.9 Å². The Morgan fingerprint density at radius 1 is 0.406 bits per heavy atom. The third-order valence-corrected chi connectivity index (χ3v) is 5.25. The molecule has 0 aliphatic carbocycles. The van der Waals surface area contributed by atoms with Crippen molar-refractivity contribution in [2.45, 2.75) is 0 Å². The standard InChI is InChI=1S/C28H18O4/c29-27(19-11-3-1-4-12-19)31-25-23-17-9-7-15-21(23)22-16-8-10-18-24(22)26(25)32-28(30)20-13-5-2-6-14-20/h1-18H. The molecule has 0 saturated heterocycles. The largest absolute Gasteiger partial charge is 0.418 e. The first-order valence-corrected chi connectivity index (χ1v) is 10.2. The maximum absolute atomic E-state index is 12.9. The van der Waals surface area contributed by atoms with Gasteiger partial charge in [-0.25, -0.2) is 9.59 Å². The van der Waals surface area contributed by atoms with Crippen LogP contribution in [0.25, 0.3) is 21.5 Å². The summed E-state index contributed by atoms with van der Waals surface area (Å²) in [6.45, 7) is 0. The van der Waals surface area contributed by atoms with Gasteiger partial charge in [-0.15, -0.1) is 0 Å². The van der Waals surface area contributed by atoms with E-state index in [0.717, 1.165) is 10.8 Å². The van der Waals surface area contributed by atoms with Gasteiger partial charge in [-0.1, -0.05) is 84.9 Å². The summed E-state index contributed by atoms with van der Waals surface area (Å²) in [6.07, 6.45) is 0. The molecule has 0 aromatic heterocycles. The number of benzene rings is 5. The third kappa shape index (κ3) is 3.59. The normalized spacial score (nSPS) is 10.8. The van der Waals surface area contributed by atoms with Crippen LogP contribution < -0.4 is 9.47 Å². The van der Waals surface area contributed by atoms with Crippen LogP contribution in [0.4, 0.5) is 0 Å². The number of carbonyl (C=O) groups excluding carboxylic acids is 2. The molecule has 5 rings (SSSR count). The van der Waals surface area contributed by atoms with Gasteiger partial charge in [0.1, 0.15) is 0 Å². The summed E-state index contributed by atoms with van der Waals surface area (Å²) < 4.78 is 11.7. The maximum Gasteiger partial charge on any atom is 0.343 e. The van der Waals surface area contributed by atoms with Gasteiger partial charge in [0.05, 0.1) is 11.1 Å². The first kappa shape index (κ1) is 19.5. The average molecular weight is 418 g/mol. The van der Waals surface area contributed by atoms with Gasteiger partial charge in [0.2, 0.25) is 0 Å². The molecule has 32 heavy (non-hydrogen) atoms. The molecular weight excluding hydrogens is 400 g/mol. The summed E-state index contributed by atoms with van der Waals surface area (Å²) in [5.41, 5.74) is 0.815. The summed E-state index contributed by atoms with van der Waals surface area (Å²) in [7, 11) is 0. The summed E-state index contributed by atoms with van der Waals surface area (Å²) in [5.74, 6) is -0.610. The zero-order valence-electron chi connectivity index (χ0n) is 17.0. The van der Waals surface area contributed by atoms with E-state index in [-0.39, 0.29) is 11.5 Å². The Hall–Kier alpha value is -4.44. The lowest BCUT2D eigenvalue weighted by molar-refractivity contribution is 0.0687. The first-order chi connectivity index (χ1) is 15.7. The van der Waals surface area contributed by atoms with Crippen molar-refractivity contribution in [1.29, 1.82) is 0 Å². The monoisotopic (exact) mass is 418 g/mol. The van der Waals surface area contributed by atoms with Crippen LogP contribution in [0.15, 0.2) is 109 Å². The molecule has 0 atom stereocenters. The summed E-state index contributed by atoms with van der Waals surface area (Å²) >= 11 is 0. The summed E-state index contributed by atoms with van der Waals surface area (Å²) in [5, 5.41) is 3.18. The molecule has 4 heteroatoms. The quantitative estimate of drug-likeness (QED) is 0.192. The van der Waals surface area contributed by atoms with Gasteiger partial charge in [-0.2, -0.15) is 0 Å². The van der Waals surface area contributed by atoms with Crippen LogP contribution in [0.1, 0.15) is 20.7 Å². The second-order valence-electron chi connectivity index (χ2n) is 7.26. The highest BCUT2D eigenvalue weighted by molar-refractivity contribution is 6.15. The molecule has 4 nitrogen and oxygen atoms in total. The number of rotatable bonds is 4. The zero-order chi connectivity index (χ0) is 21.9. The Bertz CT molecular complexity index is 1330. The van der Waals surface area contributed by atoms with Crippen molar-refractivity contribution in [3.05, 3.63) is 120 Å². The smallest absolute Gasteiger partial charge is 0.343 e. The average Bonchev–Trinajstić information content (AvgIpc) is 2.87. The van der Waals surface area contributed by atoms with Gasteiger partial charge in [0, 0.05) is 10.8 Å². The number of hydrogen-bond acceptors (Lipinski definition) is 4. The Balaban J connectivity index is 1.71. The highest BCUT2D eigenvalue weighted by atomic mass is 16.6. The van der Waals surface area contributed by atoms with Crippen molar-refractivity contribution < 1.29 is 19.1 Å². The molecule has 154 valence electrons. The van der Waals surface area contributed by atoms with Crippen molar-refractivity contribution >= 4 is 33.5 Å². The van der Waals surface area contributed by atoms with Gasteiger partial charge in [0.15, 0.2) is 11.5 Å². The van der Waals surface area contributed by atoms with E-state index >= 15 is 0 Å². The Labute approximate surface area is 184 Å². The zero-order valence-corrected chi connectivity index (χ0v) is 17.0. The number of hydrogen-bond donors (Lipinski definition) is 0. The van der Waals surface area contributed by atoms with Crippen molar-refractivity contribution in [2.75, 3.05) is 0 Å². The minimum absolute atomic E-state index is 0.220. The Morgan fingerprint density at radius 3 is 1.09 bits per heavy atom. The topological polar surface area (TPSA) is 52.6 Å². The van der Waals surface area contributed by atoms with E-state index < -0.39 is 11.9 Å². The van der Waals surface area contributed by atoms with Crippen LogP contribution in [0, 0.1) is 0 Å².